The highest BCUT2D eigenvalue weighted by molar-refractivity contribution is 5.90. The van der Waals surface area contributed by atoms with Crippen molar-refractivity contribution in [3.05, 3.63) is 120 Å². The van der Waals surface area contributed by atoms with Crippen LogP contribution in [-0.4, -0.2) is 29.7 Å². The van der Waals surface area contributed by atoms with E-state index < -0.39 is 12.2 Å². The average Bonchev–Trinajstić information content (AvgIpc) is 2.88. The van der Waals surface area contributed by atoms with Crippen LogP contribution < -0.4 is 0 Å². The molecule has 5 heteroatoms. The molecule has 33 heavy (non-hydrogen) atoms. The van der Waals surface area contributed by atoms with E-state index in [4.69, 9.17) is 14.2 Å². The standard InChI is InChI=1S/C28H31NO4/c1-2-12-27(32-20-24-15-8-4-9-16-24)28(33-21-25-17-10-5-11-18-25)26(29-30)22-31-19-23-13-6-3-7-14-23/h2-11,13-18,27-28,30H,1,12,19-22H2/b29-26+/t27-,28-/m1/s1. The lowest BCUT2D eigenvalue weighted by atomic mass is 10.1. The van der Waals surface area contributed by atoms with Crippen molar-refractivity contribution in [3.8, 4) is 0 Å². The second-order valence-corrected chi connectivity index (χ2v) is 7.65. The van der Waals surface area contributed by atoms with E-state index in [9.17, 15) is 5.21 Å². The van der Waals surface area contributed by atoms with Gasteiger partial charge in [-0.05, 0) is 23.1 Å². The molecule has 0 saturated heterocycles. The third-order valence-electron chi connectivity index (χ3n) is 5.13. The highest BCUT2D eigenvalue weighted by atomic mass is 16.5. The lowest BCUT2D eigenvalue weighted by molar-refractivity contribution is -0.0577. The molecule has 0 aliphatic rings. The summed E-state index contributed by atoms with van der Waals surface area (Å²) in [5, 5.41) is 13.4. The van der Waals surface area contributed by atoms with Gasteiger partial charge in [0.2, 0.25) is 0 Å². The summed E-state index contributed by atoms with van der Waals surface area (Å²) >= 11 is 0. The maximum absolute atomic E-state index is 9.84. The fourth-order valence-electron chi connectivity index (χ4n) is 3.41. The predicted molar refractivity (Wildman–Crippen MR) is 130 cm³/mol. The monoisotopic (exact) mass is 445 g/mol. The molecule has 0 amide bonds. The Balaban J connectivity index is 1.71. The number of rotatable bonds is 14. The van der Waals surface area contributed by atoms with Gasteiger partial charge in [0.15, 0.2) is 0 Å². The Hall–Kier alpha value is -3.25. The van der Waals surface area contributed by atoms with Crippen LogP contribution in [0, 0.1) is 0 Å². The van der Waals surface area contributed by atoms with Gasteiger partial charge < -0.3 is 19.4 Å². The summed E-state index contributed by atoms with van der Waals surface area (Å²) < 4.78 is 18.3. The third-order valence-corrected chi connectivity index (χ3v) is 5.13. The smallest absolute Gasteiger partial charge is 0.128 e. The van der Waals surface area contributed by atoms with E-state index in [1.54, 1.807) is 6.08 Å². The van der Waals surface area contributed by atoms with Gasteiger partial charge >= 0.3 is 0 Å². The first-order chi connectivity index (χ1) is 16.3. The van der Waals surface area contributed by atoms with Crippen LogP contribution in [-0.2, 0) is 34.0 Å². The van der Waals surface area contributed by atoms with Gasteiger partial charge in [0.25, 0.3) is 0 Å². The Morgan fingerprint density at radius 2 is 1.24 bits per heavy atom. The van der Waals surface area contributed by atoms with Crippen LogP contribution in [0.2, 0.25) is 0 Å². The van der Waals surface area contributed by atoms with E-state index in [2.05, 4.69) is 11.7 Å². The number of hydrogen-bond acceptors (Lipinski definition) is 5. The van der Waals surface area contributed by atoms with Crippen molar-refractivity contribution in [2.45, 2.75) is 38.4 Å². The largest absolute Gasteiger partial charge is 0.411 e. The number of nitrogens with zero attached hydrogens (tertiary/aromatic N) is 1. The first-order valence-corrected chi connectivity index (χ1v) is 11.0. The zero-order chi connectivity index (χ0) is 23.1. The second-order valence-electron chi connectivity index (χ2n) is 7.65. The Kier molecular flexibility index (Phi) is 10.4. The molecule has 0 saturated carbocycles. The van der Waals surface area contributed by atoms with Gasteiger partial charge in [-0.2, -0.15) is 0 Å². The Morgan fingerprint density at radius 3 is 1.73 bits per heavy atom. The van der Waals surface area contributed by atoms with Gasteiger partial charge in [-0.1, -0.05) is 102 Å². The van der Waals surface area contributed by atoms with Crippen LogP contribution in [0.3, 0.4) is 0 Å². The van der Waals surface area contributed by atoms with E-state index in [1.165, 1.54) is 0 Å². The summed E-state index contributed by atoms with van der Waals surface area (Å²) in [6, 6.07) is 29.7. The summed E-state index contributed by atoms with van der Waals surface area (Å²) in [5.74, 6) is 0. The summed E-state index contributed by atoms with van der Waals surface area (Å²) in [6.45, 7) is 5.16. The summed E-state index contributed by atoms with van der Waals surface area (Å²) in [5.41, 5.74) is 3.49. The van der Waals surface area contributed by atoms with Gasteiger partial charge in [0.1, 0.15) is 11.8 Å². The highest BCUT2D eigenvalue weighted by Crippen LogP contribution is 2.17. The molecule has 2 atom stereocenters. The van der Waals surface area contributed by atoms with E-state index in [0.29, 0.717) is 32.0 Å². The SMILES string of the molecule is C=CC[C@@H](OCc1ccccc1)[C@H](OCc1ccccc1)/C(COCc1ccccc1)=N/O. The quantitative estimate of drug-likeness (QED) is 0.148. The molecule has 0 radical (unpaired) electrons. The summed E-state index contributed by atoms with van der Waals surface area (Å²) in [7, 11) is 0. The van der Waals surface area contributed by atoms with Crippen LogP contribution in [0.25, 0.3) is 0 Å². The van der Waals surface area contributed by atoms with Crippen molar-refractivity contribution in [1.82, 2.24) is 0 Å². The van der Waals surface area contributed by atoms with E-state index in [1.807, 2.05) is 91.0 Å². The summed E-state index contributed by atoms with van der Waals surface area (Å²) in [6.07, 6.45) is 1.32. The topological polar surface area (TPSA) is 60.3 Å². The van der Waals surface area contributed by atoms with Crippen molar-refractivity contribution >= 4 is 5.71 Å². The van der Waals surface area contributed by atoms with Crippen LogP contribution in [0.1, 0.15) is 23.1 Å². The molecule has 3 aromatic carbocycles. The minimum Gasteiger partial charge on any atom is -0.411 e. The second kappa shape index (κ2) is 14.0. The lowest BCUT2D eigenvalue weighted by Crippen LogP contribution is -2.40. The minimum atomic E-state index is -0.604. The molecule has 3 rings (SSSR count). The summed E-state index contributed by atoms with van der Waals surface area (Å²) in [4.78, 5) is 0. The number of benzene rings is 3. The normalized spacial score (nSPS) is 13.4. The first-order valence-electron chi connectivity index (χ1n) is 11.0. The molecule has 1 N–H and O–H groups in total. The molecule has 3 aromatic rings. The van der Waals surface area contributed by atoms with Crippen molar-refractivity contribution in [2.75, 3.05) is 6.61 Å². The molecule has 0 bridgehead atoms. The lowest BCUT2D eigenvalue weighted by Gasteiger charge is -2.27. The average molecular weight is 446 g/mol. The predicted octanol–water partition coefficient (Wildman–Crippen LogP) is 5.78. The van der Waals surface area contributed by atoms with Gasteiger partial charge in [0.05, 0.1) is 32.5 Å². The molecule has 0 spiro atoms. The van der Waals surface area contributed by atoms with Crippen molar-refractivity contribution < 1.29 is 19.4 Å². The van der Waals surface area contributed by atoms with E-state index in [0.717, 1.165) is 16.7 Å². The van der Waals surface area contributed by atoms with Crippen LogP contribution >= 0.6 is 0 Å². The van der Waals surface area contributed by atoms with Gasteiger partial charge in [-0.25, -0.2) is 0 Å². The molecular formula is C28H31NO4. The van der Waals surface area contributed by atoms with Crippen LogP contribution in [0.5, 0.6) is 0 Å². The number of ether oxygens (including phenoxy) is 3. The van der Waals surface area contributed by atoms with Crippen molar-refractivity contribution in [1.29, 1.82) is 0 Å². The van der Waals surface area contributed by atoms with Gasteiger partial charge in [-0.15, -0.1) is 6.58 Å². The van der Waals surface area contributed by atoms with Gasteiger partial charge in [-0.3, -0.25) is 0 Å². The molecule has 5 nitrogen and oxygen atoms in total. The zero-order valence-corrected chi connectivity index (χ0v) is 18.8. The molecule has 0 aliphatic carbocycles. The highest BCUT2D eigenvalue weighted by Gasteiger charge is 2.28. The van der Waals surface area contributed by atoms with Crippen LogP contribution in [0.4, 0.5) is 0 Å². The molecule has 0 aliphatic heterocycles. The molecule has 0 unspecified atom stereocenters. The Labute approximate surface area is 195 Å². The fourth-order valence-corrected chi connectivity index (χ4v) is 3.41. The molecule has 172 valence electrons. The molecule has 0 fully saturated rings. The number of oxime groups is 1. The van der Waals surface area contributed by atoms with E-state index >= 15 is 0 Å². The maximum Gasteiger partial charge on any atom is 0.128 e. The van der Waals surface area contributed by atoms with E-state index in [-0.39, 0.29) is 6.61 Å². The van der Waals surface area contributed by atoms with Gasteiger partial charge in [0, 0.05) is 0 Å². The Morgan fingerprint density at radius 1 is 0.758 bits per heavy atom. The van der Waals surface area contributed by atoms with Crippen LogP contribution in [0.15, 0.2) is 109 Å². The zero-order valence-electron chi connectivity index (χ0n) is 18.8. The van der Waals surface area contributed by atoms with Crippen molar-refractivity contribution in [2.24, 2.45) is 5.16 Å². The molecular weight excluding hydrogens is 414 g/mol. The van der Waals surface area contributed by atoms with Crippen molar-refractivity contribution in [3.63, 3.8) is 0 Å². The molecule has 0 aromatic heterocycles. The first kappa shape index (κ1) is 24.4. The fraction of sp³-hybridized carbons (Fsp3) is 0.250. The molecule has 0 heterocycles. The maximum atomic E-state index is 9.84. The minimum absolute atomic E-state index is 0.118. The number of hydrogen-bond donors (Lipinski definition) is 1. The Bertz CT molecular complexity index is 961. The third kappa shape index (κ3) is 8.31.